The lowest BCUT2D eigenvalue weighted by Gasteiger charge is -2.14. The predicted molar refractivity (Wildman–Crippen MR) is 107 cm³/mol. The average Bonchev–Trinajstić information content (AvgIpc) is 2.94. The second-order valence-electron chi connectivity index (χ2n) is 5.66. The maximum Gasteiger partial charge on any atom is 0.282 e. The molecule has 1 aliphatic heterocycles. The van der Waals surface area contributed by atoms with Crippen LogP contribution < -0.4 is 19.9 Å². The molecule has 2 aromatic carbocycles. The molecule has 0 aliphatic carbocycles. The van der Waals surface area contributed by atoms with E-state index in [1.807, 2.05) is 19.9 Å². The molecule has 6 nitrogen and oxygen atoms in total. The second-order valence-corrected chi connectivity index (χ2v) is 6.52. The zero-order chi connectivity index (χ0) is 19.4. The third-order valence-corrected chi connectivity index (χ3v) is 4.56. The molecule has 27 heavy (non-hydrogen) atoms. The SMILES string of the molecule is CCOc1cc(Br)c(C=C2C(=O)NN(c3ccccc3)C2=O)cc1OCC. The van der Waals surface area contributed by atoms with Gasteiger partial charge in [0.15, 0.2) is 11.5 Å². The highest BCUT2D eigenvalue weighted by atomic mass is 79.9. The molecule has 2 amide bonds. The number of ether oxygens (including phenoxy) is 2. The van der Waals surface area contributed by atoms with Gasteiger partial charge in [-0.05, 0) is 49.8 Å². The van der Waals surface area contributed by atoms with Crippen molar-refractivity contribution in [2.45, 2.75) is 13.8 Å². The summed E-state index contributed by atoms with van der Waals surface area (Å²) in [5, 5.41) is 1.24. The Kier molecular flexibility index (Phi) is 5.81. The third-order valence-electron chi connectivity index (χ3n) is 3.87. The Bertz CT molecular complexity index is 896. The van der Waals surface area contributed by atoms with Gasteiger partial charge in [0, 0.05) is 4.47 Å². The van der Waals surface area contributed by atoms with Crippen LogP contribution in [0.15, 0.2) is 52.5 Å². The van der Waals surface area contributed by atoms with Gasteiger partial charge in [-0.3, -0.25) is 15.0 Å². The van der Waals surface area contributed by atoms with Crippen molar-refractivity contribution in [1.82, 2.24) is 5.43 Å². The molecule has 140 valence electrons. The van der Waals surface area contributed by atoms with Crippen LogP contribution in [0.25, 0.3) is 6.08 Å². The summed E-state index contributed by atoms with van der Waals surface area (Å²) in [4.78, 5) is 25.1. The summed E-state index contributed by atoms with van der Waals surface area (Å²) in [5.74, 6) is 0.286. The van der Waals surface area contributed by atoms with Crippen molar-refractivity contribution in [2.24, 2.45) is 0 Å². The predicted octanol–water partition coefficient (Wildman–Crippen LogP) is 3.71. The standard InChI is InChI=1S/C20H19BrN2O4/c1-3-26-17-11-13(16(21)12-18(17)27-4-2)10-15-19(24)22-23(20(15)25)14-8-6-5-7-9-14/h5-12H,3-4H2,1-2H3,(H,22,24). The minimum atomic E-state index is -0.456. The highest BCUT2D eigenvalue weighted by molar-refractivity contribution is 9.10. The van der Waals surface area contributed by atoms with Crippen LogP contribution in [-0.2, 0) is 9.59 Å². The van der Waals surface area contributed by atoms with Crippen molar-refractivity contribution < 1.29 is 19.1 Å². The van der Waals surface area contributed by atoms with Gasteiger partial charge in [-0.1, -0.05) is 34.1 Å². The number of hydrogen-bond acceptors (Lipinski definition) is 4. The number of anilines is 1. The first kappa shape index (κ1) is 19.0. The fourth-order valence-electron chi connectivity index (χ4n) is 2.67. The fourth-order valence-corrected chi connectivity index (χ4v) is 3.11. The number of benzene rings is 2. The van der Waals surface area contributed by atoms with E-state index in [1.165, 1.54) is 5.01 Å². The van der Waals surface area contributed by atoms with Crippen LogP contribution in [0.3, 0.4) is 0 Å². The van der Waals surface area contributed by atoms with E-state index >= 15 is 0 Å². The summed E-state index contributed by atoms with van der Waals surface area (Å²) in [6, 6.07) is 12.5. The van der Waals surface area contributed by atoms with Crippen LogP contribution >= 0.6 is 15.9 Å². The molecule has 1 heterocycles. The summed E-state index contributed by atoms with van der Waals surface area (Å²) in [5.41, 5.74) is 3.88. The highest BCUT2D eigenvalue weighted by Gasteiger charge is 2.34. The zero-order valence-corrected chi connectivity index (χ0v) is 16.6. The summed E-state index contributed by atoms with van der Waals surface area (Å²) in [7, 11) is 0. The number of halogens is 1. The van der Waals surface area contributed by atoms with Crippen molar-refractivity contribution >= 4 is 39.5 Å². The minimum absolute atomic E-state index is 0.0474. The Morgan fingerprint density at radius 2 is 1.67 bits per heavy atom. The Morgan fingerprint density at radius 1 is 1.04 bits per heavy atom. The monoisotopic (exact) mass is 430 g/mol. The topological polar surface area (TPSA) is 67.9 Å². The van der Waals surface area contributed by atoms with E-state index in [9.17, 15) is 9.59 Å². The summed E-state index contributed by atoms with van der Waals surface area (Å²) in [6.07, 6.45) is 1.54. The molecule has 1 fully saturated rings. The summed E-state index contributed by atoms with van der Waals surface area (Å²) >= 11 is 3.47. The Labute approximate surface area is 165 Å². The maximum absolute atomic E-state index is 12.7. The first-order chi connectivity index (χ1) is 13.0. The third kappa shape index (κ3) is 3.98. The lowest BCUT2D eigenvalue weighted by molar-refractivity contribution is -0.117. The van der Waals surface area contributed by atoms with Crippen LogP contribution in [0.5, 0.6) is 11.5 Å². The number of carbonyl (C=O) groups excluding carboxylic acids is 2. The molecule has 0 bridgehead atoms. The molecular formula is C20H19BrN2O4. The smallest absolute Gasteiger partial charge is 0.282 e. The molecule has 3 rings (SSSR count). The van der Waals surface area contributed by atoms with Gasteiger partial charge >= 0.3 is 0 Å². The molecular weight excluding hydrogens is 412 g/mol. The van der Waals surface area contributed by atoms with Gasteiger partial charge < -0.3 is 9.47 Å². The molecule has 7 heteroatoms. The molecule has 1 N–H and O–H groups in total. The van der Waals surface area contributed by atoms with Crippen molar-refractivity contribution in [1.29, 1.82) is 0 Å². The molecule has 1 aliphatic rings. The molecule has 0 unspecified atom stereocenters. The van der Waals surface area contributed by atoms with E-state index in [-0.39, 0.29) is 5.57 Å². The van der Waals surface area contributed by atoms with Crippen molar-refractivity contribution in [2.75, 3.05) is 18.2 Å². The lowest BCUT2D eigenvalue weighted by atomic mass is 10.1. The zero-order valence-electron chi connectivity index (χ0n) is 15.0. The van der Waals surface area contributed by atoms with E-state index in [2.05, 4.69) is 21.4 Å². The largest absolute Gasteiger partial charge is 0.490 e. The second kappa shape index (κ2) is 8.26. The number of amides is 2. The van der Waals surface area contributed by atoms with Crippen LogP contribution in [0.1, 0.15) is 19.4 Å². The molecule has 0 aromatic heterocycles. The number of hydrogen-bond donors (Lipinski definition) is 1. The lowest BCUT2D eigenvalue weighted by Crippen LogP contribution is -2.35. The Balaban J connectivity index is 1.97. The normalized spacial score (nSPS) is 15.2. The van der Waals surface area contributed by atoms with Gasteiger partial charge in [-0.25, -0.2) is 5.01 Å². The highest BCUT2D eigenvalue weighted by Crippen LogP contribution is 2.35. The van der Waals surface area contributed by atoms with Crippen LogP contribution in [0, 0.1) is 0 Å². The average molecular weight is 431 g/mol. The van der Waals surface area contributed by atoms with Crippen molar-refractivity contribution in [3.63, 3.8) is 0 Å². The van der Waals surface area contributed by atoms with Gasteiger partial charge in [0.2, 0.25) is 0 Å². The van der Waals surface area contributed by atoms with Crippen molar-refractivity contribution in [3.05, 3.63) is 58.1 Å². The van der Waals surface area contributed by atoms with Crippen molar-refractivity contribution in [3.8, 4) is 11.5 Å². The number of para-hydroxylation sites is 1. The molecule has 0 radical (unpaired) electrons. The van der Waals surface area contributed by atoms with Gasteiger partial charge in [0.1, 0.15) is 5.57 Å². The number of nitrogens with one attached hydrogen (secondary N) is 1. The number of nitrogens with zero attached hydrogens (tertiary/aromatic N) is 1. The van der Waals surface area contributed by atoms with E-state index in [0.717, 1.165) is 0 Å². The quantitative estimate of drug-likeness (QED) is 0.560. The Hall–Kier alpha value is -2.80. The number of hydrazine groups is 1. The first-order valence-electron chi connectivity index (χ1n) is 8.56. The Morgan fingerprint density at radius 3 is 2.30 bits per heavy atom. The maximum atomic E-state index is 12.7. The van der Waals surface area contributed by atoms with E-state index in [0.29, 0.717) is 40.4 Å². The fraction of sp³-hybridized carbons (Fsp3) is 0.200. The molecule has 2 aromatic rings. The molecule has 1 saturated heterocycles. The summed E-state index contributed by atoms with van der Waals surface area (Å²) in [6.45, 7) is 4.74. The van der Waals surface area contributed by atoms with Gasteiger partial charge in [0.25, 0.3) is 11.8 Å². The van der Waals surface area contributed by atoms with Gasteiger partial charge in [-0.2, -0.15) is 0 Å². The molecule has 0 atom stereocenters. The number of carbonyl (C=O) groups is 2. The minimum Gasteiger partial charge on any atom is -0.490 e. The van der Waals surface area contributed by atoms with E-state index in [4.69, 9.17) is 9.47 Å². The molecule has 0 saturated carbocycles. The first-order valence-corrected chi connectivity index (χ1v) is 9.35. The van der Waals surface area contributed by atoms with Crippen LogP contribution in [0.2, 0.25) is 0 Å². The van der Waals surface area contributed by atoms with Crippen LogP contribution in [-0.4, -0.2) is 25.0 Å². The van der Waals surface area contributed by atoms with Gasteiger partial charge in [0.05, 0.1) is 18.9 Å². The number of rotatable bonds is 6. The summed E-state index contributed by atoms with van der Waals surface area (Å²) < 4.78 is 11.9. The van der Waals surface area contributed by atoms with E-state index < -0.39 is 11.8 Å². The van der Waals surface area contributed by atoms with Crippen LogP contribution in [0.4, 0.5) is 5.69 Å². The van der Waals surface area contributed by atoms with E-state index in [1.54, 1.807) is 42.5 Å². The van der Waals surface area contributed by atoms with Gasteiger partial charge in [-0.15, -0.1) is 0 Å². The molecule has 0 spiro atoms.